The van der Waals surface area contributed by atoms with Crippen molar-refractivity contribution in [2.24, 2.45) is 0 Å². The number of amides is 1. The quantitative estimate of drug-likeness (QED) is 0.723. The number of anilines is 2. The molecule has 5 nitrogen and oxygen atoms in total. The van der Waals surface area contributed by atoms with E-state index in [4.69, 9.17) is 5.73 Å². The number of aromatic amines is 1. The minimum absolute atomic E-state index is 0.209. The number of nitrogens with one attached hydrogen (secondary N) is 2. The van der Waals surface area contributed by atoms with Crippen molar-refractivity contribution >= 4 is 17.4 Å². The molecule has 94 valence electrons. The number of hydrogen-bond donors (Lipinski definition) is 3. The molecule has 0 bridgehead atoms. The number of carbonyl (C=O) groups is 1. The second-order valence-corrected chi connectivity index (χ2v) is 4.22. The Morgan fingerprint density at radius 2 is 2.17 bits per heavy atom. The molecule has 0 saturated heterocycles. The van der Waals surface area contributed by atoms with Crippen molar-refractivity contribution in [2.45, 2.75) is 20.3 Å². The molecule has 2 aromatic rings. The van der Waals surface area contributed by atoms with Gasteiger partial charge in [-0.2, -0.15) is 5.10 Å². The summed E-state index contributed by atoms with van der Waals surface area (Å²) >= 11 is 0. The maximum atomic E-state index is 12.0. The molecule has 0 aliphatic heterocycles. The first-order chi connectivity index (χ1) is 8.58. The fraction of sp³-hybridized carbons (Fsp3) is 0.231. The number of nitrogens with zero attached hydrogens (tertiary/aromatic N) is 1. The van der Waals surface area contributed by atoms with Crippen molar-refractivity contribution in [1.82, 2.24) is 10.2 Å². The molecular formula is C13H16N4O. The summed E-state index contributed by atoms with van der Waals surface area (Å²) in [6, 6.07) is 7.08. The Bertz CT molecular complexity index is 554. The third-order valence-electron chi connectivity index (χ3n) is 2.62. The minimum Gasteiger partial charge on any atom is -0.399 e. The van der Waals surface area contributed by atoms with Crippen LogP contribution < -0.4 is 11.1 Å². The Kier molecular flexibility index (Phi) is 3.32. The van der Waals surface area contributed by atoms with Gasteiger partial charge in [0.1, 0.15) is 0 Å². The third kappa shape index (κ3) is 2.68. The number of H-pyrrole nitrogens is 1. The van der Waals surface area contributed by atoms with Crippen LogP contribution in [0.3, 0.4) is 0 Å². The van der Waals surface area contributed by atoms with Crippen LogP contribution in [0.5, 0.6) is 0 Å². The highest BCUT2D eigenvalue weighted by Crippen LogP contribution is 2.13. The maximum absolute atomic E-state index is 12.0. The highest BCUT2D eigenvalue weighted by molar-refractivity contribution is 6.04. The number of benzene rings is 1. The maximum Gasteiger partial charge on any atom is 0.256 e. The van der Waals surface area contributed by atoms with Crippen LogP contribution in [-0.4, -0.2) is 16.1 Å². The highest BCUT2D eigenvalue weighted by Gasteiger charge is 2.09. The lowest BCUT2D eigenvalue weighted by Crippen LogP contribution is -2.12. The van der Waals surface area contributed by atoms with Gasteiger partial charge in [0, 0.05) is 23.0 Å². The molecule has 1 aromatic carbocycles. The van der Waals surface area contributed by atoms with Crippen molar-refractivity contribution in [3.63, 3.8) is 0 Å². The number of nitrogens with two attached hydrogens (primary N) is 1. The summed E-state index contributed by atoms with van der Waals surface area (Å²) < 4.78 is 0. The van der Waals surface area contributed by atoms with Gasteiger partial charge in [-0.25, -0.2) is 0 Å². The molecule has 1 aromatic heterocycles. The van der Waals surface area contributed by atoms with Crippen LogP contribution in [0.4, 0.5) is 11.5 Å². The zero-order valence-corrected chi connectivity index (χ0v) is 10.4. The van der Waals surface area contributed by atoms with Crippen LogP contribution in [0.15, 0.2) is 24.3 Å². The van der Waals surface area contributed by atoms with Gasteiger partial charge in [-0.05, 0) is 37.1 Å². The number of carbonyl (C=O) groups excluding carboxylic acids is 1. The van der Waals surface area contributed by atoms with Gasteiger partial charge >= 0.3 is 0 Å². The zero-order chi connectivity index (χ0) is 13.1. The van der Waals surface area contributed by atoms with Crippen LogP contribution in [0, 0.1) is 6.92 Å². The number of hydrogen-bond acceptors (Lipinski definition) is 3. The lowest BCUT2D eigenvalue weighted by molar-refractivity contribution is 0.102. The molecule has 0 radical (unpaired) electrons. The first kappa shape index (κ1) is 12.2. The molecule has 0 fully saturated rings. The van der Waals surface area contributed by atoms with E-state index in [2.05, 4.69) is 15.5 Å². The molecule has 1 heterocycles. The van der Waals surface area contributed by atoms with Crippen LogP contribution in [0.25, 0.3) is 0 Å². The van der Waals surface area contributed by atoms with E-state index >= 15 is 0 Å². The van der Waals surface area contributed by atoms with Gasteiger partial charge in [-0.1, -0.05) is 6.92 Å². The molecule has 0 aliphatic rings. The summed E-state index contributed by atoms with van der Waals surface area (Å²) in [7, 11) is 0. The molecule has 0 atom stereocenters. The van der Waals surface area contributed by atoms with Gasteiger partial charge in [0.25, 0.3) is 5.91 Å². The van der Waals surface area contributed by atoms with Gasteiger partial charge in [0.2, 0.25) is 0 Å². The number of nitrogen functional groups attached to an aromatic ring is 1. The average molecular weight is 244 g/mol. The van der Waals surface area contributed by atoms with Gasteiger partial charge in [0.15, 0.2) is 5.82 Å². The predicted octanol–water partition coefficient (Wildman–Crippen LogP) is 2.12. The third-order valence-corrected chi connectivity index (χ3v) is 2.62. The molecule has 0 unspecified atom stereocenters. The highest BCUT2D eigenvalue weighted by atomic mass is 16.1. The SMILES string of the molecule is CCc1cc(NC(=O)c2cc(C)cc(N)c2)n[nH]1. The van der Waals surface area contributed by atoms with E-state index in [-0.39, 0.29) is 5.91 Å². The van der Waals surface area contributed by atoms with E-state index in [0.29, 0.717) is 17.1 Å². The van der Waals surface area contributed by atoms with Crippen LogP contribution in [-0.2, 0) is 6.42 Å². The van der Waals surface area contributed by atoms with Crippen molar-refractivity contribution < 1.29 is 4.79 Å². The summed E-state index contributed by atoms with van der Waals surface area (Å²) in [5.41, 5.74) is 8.77. The predicted molar refractivity (Wildman–Crippen MR) is 71.5 cm³/mol. The minimum atomic E-state index is -0.209. The Hall–Kier alpha value is -2.30. The fourth-order valence-electron chi connectivity index (χ4n) is 1.74. The molecule has 4 N–H and O–H groups in total. The molecule has 5 heteroatoms. The van der Waals surface area contributed by atoms with Crippen molar-refractivity contribution in [1.29, 1.82) is 0 Å². The molecular weight excluding hydrogens is 228 g/mol. The van der Waals surface area contributed by atoms with E-state index in [1.807, 2.05) is 26.0 Å². The normalized spacial score (nSPS) is 10.3. The number of rotatable bonds is 3. The molecule has 2 rings (SSSR count). The Morgan fingerprint density at radius 1 is 1.39 bits per heavy atom. The van der Waals surface area contributed by atoms with Crippen molar-refractivity contribution in [2.75, 3.05) is 11.1 Å². The van der Waals surface area contributed by atoms with Crippen LogP contribution >= 0.6 is 0 Å². The topological polar surface area (TPSA) is 83.8 Å². The largest absolute Gasteiger partial charge is 0.399 e. The summed E-state index contributed by atoms with van der Waals surface area (Å²) in [6.45, 7) is 3.91. The van der Waals surface area contributed by atoms with Crippen molar-refractivity contribution in [3.05, 3.63) is 41.1 Å². The number of aromatic nitrogens is 2. The fourth-order valence-corrected chi connectivity index (χ4v) is 1.74. The molecule has 0 spiro atoms. The average Bonchev–Trinajstić information content (AvgIpc) is 2.75. The standard InChI is InChI=1S/C13H16N4O/c1-3-11-7-12(17-16-11)15-13(18)9-4-8(2)5-10(14)6-9/h4-7H,3,14H2,1-2H3,(H2,15,16,17,18). The Labute approximate surface area is 105 Å². The second kappa shape index (κ2) is 4.91. The van der Waals surface area contributed by atoms with Gasteiger partial charge < -0.3 is 11.1 Å². The zero-order valence-electron chi connectivity index (χ0n) is 10.4. The van der Waals surface area contributed by atoms with Crippen LogP contribution in [0.2, 0.25) is 0 Å². The Balaban J connectivity index is 2.16. The molecule has 0 aliphatic carbocycles. The van der Waals surface area contributed by atoms with E-state index in [0.717, 1.165) is 17.7 Å². The van der Waals surface area contributed by atoms with Gasteiger partial charge in [-0.3, -0.25) is 9.89 Å². The number of aryl methyl sites for hydroxylation is 2. The molecule has 18 heavy (non-hydrogen) atoms. The molecule has 0 saturated carbocycles. The van der Waals surface area contributed by atoms with Crippen LogP contribution in [0.1, 0.15) is 28.5 Å². The summed E-state index contributed by atoms with van der Waals surface area (Å²) in [5, 5.41) is 9.59. The van der Waals surface area contributed by atoms with Gasteiger partial charge in [-0.15, -0.1) is 0 Å². The second-order valence-electron chi connectivity index (χ2n) is 4.22. The van der Waals surface area contributed by atoms with E-state index in [1.165, 1.54) is 0 Å². The van der Waals surface area contributed by atoms with Crippen molar-refractivity contribution in [3.8, 4) is 0 Å². The lowest BCUT2D eigenvalue weighted by Gasteiger charge is -2.04. The first-order valence-electron chi connectivity index (χ1n) is 5.81. The summed E-state index contributed by atoms with van der Waals surface area (Å²) in [5.74, 6) is 0.316. The first-order valence-corrected chi connectivity index (χ1v) is 5.81. The molecule has 1 amide bonds. The van der Waals surface area contributed by atoms with E-state index in [9.17, 15) is 4.79 Å². The van der Waals surface area contributed by atoms with E-state index < -0.39 is 0 Å². The smallest absolute Gasteiger partial charge is 0.256 e. The van der Waals surface area contributed by atoms with E-state index in [1.54, 1.807) is 12.1 Å². The van der Waals surface area contributed by atoms with Gasteiger partial charge in [0.05, 0.1) is 0 Å². The summed E-state index contributed by atoms with van der Waals surface area (Å²) in [4.78, 5) is 12.0. The summed E-state index contributed by atoms with van der Waals surface area (Å²) in [6.07, 6.45) is 0.847. The monoisotopic (exact) mass is 244 g/mol. The lowest BCUT2D eigenvalue weighted by atomic mass is 10.1. The Morgan fingerprint density at radius 3 is 2.78 bits per heavy atom.